The maximum atomic E-state index is 11.9. The molecular weight excluding hydrogens is 330 g/mol. The minimum Gasteiger partial charge on any atom is -0.465 e. The third-order valence-corrected chi connectivity index (χ3v) is 4.57. The van der Waals surface area contributed by atoms with Gasteiger partial charge in [0.15, 0.2) is 0 Å². The Morgan fingerprint density at radius 1 is 1.04 bits per heavy atom. The molecule has 0 unspecified atom stereocenters. The van der Waals surface area contributed by atoms with Gasteiger partial charge in [0, 0.05) is 23.7 Å². The molecule has 1 aromatic heterocycles. The van der Waals surface area contributed by atoms with Gasteiger partial charge in [-0.1, -0.05) is 6.07 Å². The SMILES string of the molecule is COC(=O)c1ccc(C)c(NCc2cc(=O)oc3cc(C)c(C)cc23)c1. The number of hydrogen-bond donors (Lipinski definition) is 1. The number of ether oxygens (including phenoxy) is 1. The maximum Gasteiger partial charge on any atom is 0.337 e. The fraction of sp³-hybridized carbons (Fsp3) is 0.238. The van der Waals surface area contributed by atoms with Gasteiger partial charge in [-0.3, -0.25) is 0 Å². The van der Waals surface area contributed by atoms with E-state index in [1.165, 1.54) is 13.2 Å². The molecule has 5 heteroatoms. The fourth-order valence-corrected chi connectivity index (χ4v) is 2.88. The quantitative estimate of drug-likeness (QED) is 0.566. The molecule has 1 N–H and O–H groups in total. The van der Waals surface area contributed by atoms with Crippen molar-refractivity contribution in [3.63, 3.8) is 0 Å². The van der Waals surface area contributed by atoms with Crippen LogP contribution in [0.3, 0.4) is 0 Å². The molecule has 134 valence electrons. The van der Waals surface area contributed by atoms with Crippen molar-refractivity contribution in [2.24, 2.45) is 0 Å². The average molecular weight is 351 g/mol. The van der Waals surface area contributed by atoms with E-state index in [4.69, 9.17) is 9.15 Å². The molecule has 3 aromatic rings. The summed E-state index contributed by atoms with van der Waals surface area (Å²) in [5.41, 5.74) is 5.56. The second-order valence-electron chi connectivity index (χ2n) is 6.40. The topological polar surface area (TPSA) is 68.5 Å². The number of carbonyl (C=O) groups excluding carboxylic acids is 1. The van der Waals surface area contributed by atoms with Crippen molar-refractivity contribution in [3.05, 3.63) is 74.6 Å². The van der Waals surface area contributed by atoms with E-state index in [0.717, 1.165) is 33.3 Å². The van der Waals surface area contributed by atoms with Crippen LogP contribution in [0.5, 0.6) is 0 Å². The molecule has 0 saturated heterocycles. The standard InChI is InChI=1S/C21H21NO4/c1-12-5-6-15(21(24)25-4)9-18(12)22-11-16-10-20(23)26-19-8-14(3)13(2)7-17(16)19/h5-10,22H,11H2,1-4H3. The molecule has 0 atom stereocenters. The van der Waals surface area contributed by atoms with Crippen LogP contribution < -0.4 is 10.9 Å². The largest absolute Gasteiger partial charge is 0.465 e. The zero-order chi connectivity index (χ0) is 18.8. The highest BCUT2D eigenvalue weighted by molar-refractivity contribution is 5.90. The van der Waals surface area contributed by atoms with E-state index in [9.17, 15) is 9.59 Å². The van der Waals surface area contributed by atoms with Gasteiger partial charge in [0.25, 0.3) is 0 Å². The average Bonchev–Trinajstić information content (AvgIpc) is 2.61. The molecule has 3 rings (SSSR count). The van der Waals surface area contributed by atoms with Crippen molar-refractivity contribution in [1.29, 1.82) is 0 Å². The van der Waals surface area contributed by atoms with E-state index in [-0.39, 0.29) is 11.6 Å². The molecule has 5 nitrogen and oxygen atoms in total. The number of benzene rings is 2. The first-order chi connectivity index (χ1) is 12.4. The second-order valence-corrected chi connectivity index (χ2v) is 6.40. The Hall–Kier alpha value is -3.08. The van der Waals surface area contributed by atoms with E-state index in [1.54, 1.807) is 12.1 Å². The van der Waals surface area contributed by atoms with Gasteiger partial charge in [-0.2, -0.15) is 0 Å². The number of hydrogen-bond acceptors (Lipinski definition) is 5. The summed E-state index contributed by atoms with van der Waals surface area (Å²) in [6.45, 7) is 6.41. The first-order valence-electron chi connectivity index (χ1n) is 8.36. The molecule has 0 aliphatic rings. The van der Waals surface area contributed by atoms with E-state index in [2.05, 4.69) is 5.32 Å². The molecular formula is C21H21NO4. The number of anilines is 1. The van der Waals surface area contributed by atoms with Gasteiger partial charge in [0.05, 0.1) is 12.7 Å². The third kappa shape index (κ3) is 3.47. The van der Waals surface area contributed by atoms with Crippen molar-refractivity contribution >= 4 is 22.6 Å². The summed E-state index contributed by atoms with van der Waals surface area (Å²) in [5, 5.41) is 4.22. The lowest BCUT2D eigenvalue weighted by molar-refractivity contribution is 0.0601. The van der Waals surface area contributed by atoms with Gasteiger partial charge in [-0.25, -0.2) is 9.59 Å². The van der Waals surface area contributed by atoms with Crippen molar-refractivity contribution in [1.82, 2.24) is 0 Å². The number of rotatable bonds is 4. The minimum absolute atomic E-state index is 0.377. The summed E-state index contributed by atoms with van der Waals surface area (Å²) < 4.78 is 10.1. The maximum absolute atomic E-state index is 11.9. The predicted molar refractivity (Wildman–Crippen MR) is 102 cm³/mol. The Labute approximate surface area is 151 Å². The lowest BCUT2D eigenvalue weighted by Crippen LogP contribution is -2.08. The summed E-state index contributed by atoms with van der Waals surface area (Å²) in [7, 11) is 1.36. The van der Waals surface area contributed by atoms with Crippen molar-refractivity contribution in [2.45, 2.75) is 27.3 Å². The Morgan fingerprint density at radius 2 is 1.77 bits per heavy atom. The second kappa shape index (κ2) is 7.04. The predicted octanol–water partition coefficient (Wildman–Crippen LogP) is 4.12. The number of nitrogens with one attached hydrogen (secondary N) is 1. The van der Waals surface area contributed by atoms with Gasteiger partial charge < -0.3 is 14.5 Å². The number of aryl methyl sites for hydroxylation is 3. The number of esters is 1. The smallest absolute Gasteiger partial charge is 0.337 e. The van der Waals surface area contributed by atoms with E-state index in [0.29, 0.717) is 17.7 Å². The van der Waals surface area contributed by atoms with Gasteiger partial charge >= 0.3 is 11.6 Å². The highest BCUT2D eigenvalue weighted by Gasteiger charge is 2.10. The molecule has 0 radical (unpaired) electrons. The zero-order valence-corrected chi connectivity index (χ0v) is 15.3. The molecule has 2 aromatic carbocycles. The Kier molecular flexibility index (Phi) is 4.80. The lowest BCUT2D eigenvalue weighted by atomic mass is 10.0. The van der Waals surface area contributed by atoms with Crippen LogP contribution in [-0.2, 0) is 11.3 Å². The Morgan fingerprint density at radius 3 is 2.50 bits per heavy atom. The van der Waals surface area contributed by atoms with Gasteiger partial charge in [-0.05, 0) is 67.3 Å². The minimum atomic E-state index is -0.384. The first kappa shape index (κ1) is 17.7. The van der Waals surface area contributed by atoms with Crippen LogP contribution in [0.25, 0.3) is 11.0 Å². The van der Waals surface area contributed by atoms with Crippen LogP contribution in [0.1, 0.15) is 32.6 Å². The normalized spacial score (nSPS) is 10.8. The molecule has 1 heterocycles. The molecule has 0 fully saturated rings. The monoisotopic (exact) mass is 351 g/mol. The fourth-order valence-electron chi connectivity index (χ4n) is 2.88. The number of methoxy groups -OCH3 is 1. The molecule has 0 aliphatic carbocycles. The van der Waals surface area contributed by atoms with Gasteiger partial charge in [0.2, 0.25) is 0 Å². The highest BCUT2D eigenvalue weighted by atomic mass is 16.5. The van der Waals surface area contributed by atoms with Gasteiger partial charge in [-0.15, -0.1) is 0 Å². The van der Waals surface area contributed by atoms with Crippen LogP contribution in [-0.4, -0.2) is 13.1 Å². The summed E-state index contributed by atoms with van der Waals surface area (Å²) in [4.78, 5) is 23.6. The first-order valence-corrected chi connectivity index (χ1v) is 8.36. The summed E-state index contributed by atoms with van der Waals surface area (Å²) in [6.07, 6.45) is 0. The van der Waals surface area contributed by atoms with E-state index < -0.39 is 0 Å². The van der Waals surface area contributed by atoms with Crippen molar-refractivity contribution in [3.8, 4) is 0 Å². The molecule has 26 heavy (non-hydrogen) atoms. The van der Waals surface area contributed by atoms with Gasteiger partial charge in [0.1, 0.15) is 5.58 Å². The summed E-state index contributed by atoms with van der Waals surface area (Å²) in [5.74, 6) is -0.384. The van der Waals surface area contributed by atoms with Crippen LogP contribution in [0.4, 0.5) is 5.69 Å². The molecule has 0 amide bonds. The number of fused-ring (bicyclic) bond motifs is 1. The molecule has 0 aliphatic heterocycles. The molecule has 0 saturated carbocycles. The summed E-state index contributed by atoms with van der Waals surface area (Å²) >= 11 is 0. The molecule has 0 spiro atoms. The Bertz CT molecular complexity index is 1050. The van der Waals surface area contributed by atoms with E-state index >= 15 is 0 Å². The molecule has 0 bridgehead atoms. The summed E-state index contributed by atoms with van der Waals surface area (Å²) in [6, 6.07) is 10.8. The number of carbonyl (C=O) groups is 1. The Balaban J connectivity index is 1.96. The van der Waals surface area contributed by atoms with Crippen LogP contribution in [0, 0.1) is 20.8 Å². The third-order valence-electron chi connectivity index (χ3n) is 4.57. The van der Waals surface area contributed by atoms with Crippen molar-refractivity contribution < 1.29 is 13.9 Å². The lowest BCUT2D eigenvalue weighted by Gasteiger charge is -2.13. The highest BCUT2D eigenvalue weighted by Crippen LogP contribution is 2.24. The zero-order valence-electron chi connectivity index (χ0n) is 15.3. The van der Waals surface area contributed by atoms with Crippen LogP contribution in [0.15, 0.2) is 45.6 Å². The van der Waals surface area contributed by atoms with Crippen molar-refractivity contribution in [2.75, 3.05) is 12.4 Å². The van der Waals surface area contributed by atoms with Crippen LogP contribution >= 0.6 is 0 Å². The van der Waals surface area contributed by atoms with Crippen LogP contribution in [0.2, 0.25) is 0 Å². The van der Waals surface area contributed by atoms with E-state index in [1.807, 2.05) is 39.0 Å².